The average Bonchev–Trinajstić information content (AvgIpc) is 2.41. The van der Waals surface area contributed by atoms with E-state index >= 15 is 0 Å². The van der Waals surface area contributed by atoms with Crippen LogP contribution >= 0.6 is 34.8 Å². The second-order valence-electron chi connectivity index (χ2n) is 3.56. The van der Waals surface area contributed by atoms with Gasteiger partial charge in [-0.2, -0.15) is 0 Å². The lowest BCUT2D eigenvalue weighted by atomic mass is 10.2. The Kier molecular flexibility index (Phi) is 15.1. The fourth-order valence-corrected chi connectivity index (χ4v) is 0.926. The second kappa shape index (κ2) is 13.8. The predicted octanol–water partition coefficient (Wildman–Crippen LogP) is 2.37. The molecule has 0 aromatic heterocycles. The number of hydrogen-bond acceptors (Lipinski definition) is 5. The van der Waals surface area contributed by atoms with Crippen LogP contribution in [-0.4, -0.2) is 42.2 Å². The van der Waals surface area contributed by atoms with Gasteiger partial charge in [-0.05, 0) is 11.6 Å². The summed E-state index contributed by atoms with van der Waals surface area (Å²) >= 11 is 15.6. The van der Waals surface area contributed by atoms with Crippen molar-refractivity contribution in [2.45, 2.75) is 13.8 Å². The molecule has 5 nitrogen and oxygen atoms in total. The number of rotatable bonds is 7. The first kappa shape index (κ1) is 20.7. The van der Waals surface area contributed by atoms with Crippen molar-refractivity contribution in [1.82, 2.24) is 0 Å². The number of ether oxygens (including phenoxy) is 1. The van der Waals surface area contributed by atoms with Crippen LogP contribution in [0.5, 0.6) is 0 Å². The molecule has 0 spiro atoms. The van der Waals surface area contributed by atoms with Crippen molar-refractivity contribution < 1.29 is 19.1 Å². The Bertz CT molecular complexity index is 319. The third kappa shape index (κ3) is 13.6. The lowest BCUT2D eigenvalue weighted by Gasteiger charge is -2.05. The molecule has 0 aliphatic carbocycles. The van der Waals surface area contributed by atoms with Gasteiger partial charge < -0.3 is 4.74 Å². The van der Waals surface area contributed by atoms with E-state index in [4.69, 9.17) is 39.5 Å². The van der Waals surface area contributed by atoms with Gasteiger partial charge in [-0.15, -0.1) is 23.2 Å². The summed E-state index contributed by atoms with van der Waals surface area (Å²) < 4.78 is 4.70. The molecule has 0 bridgehead atoms. The summed E-state index contributed by atoms with van der Waals surface area (Å²) in [7, 11) is 0. The summed E-state index contributed by atoms with van der Waals surface area (Å²) in [6.45, 7) is 3.61. The highest BCUT2D eigenvalue weighted by Crippen LogP contribution is 2.01. The van der Waals surface area contributed by atoms with E-state index in [1.807, 2.05) is 0 Å². The molecule has 0 radical (unpaired) electrons. The third-order valence-corrected chi connectivity index (χ3v) is 3.06. The molecule has 0 heterocycles. The van der Waals surface area contributed by atoms with Crippen LogP contribution in [-0.2, 0) is 19.1 Å². The number of isocyanates is 1. The van der Waals surface area contributed by atoms with Gasteiger partial charge in [-0.25, -0.2) is 9.79 Å². The van der Waals surface area contributed by atoms with Crippen LogP contribution in [0.4, 0.5) is 0 Å². The maximum atomic E-state index is 10.9. The Hall–Kier alpha value is -0.610. The van der Waals surface area contributed by atoms with Gasteiger partial charge >= 0.3 is 5.97 Å². The predicted molar refractivity (Wildman–Crippen MR) is 74.6 cm³/mol. The fourth-order valence-electron chi connectivity index (χ4n) is 0.503. The molecule has 0 aliphatic rings. The molecule has 0 rings (SSSR count). The van der Waals surface area contributed by atoms with Crippen LogP contribution in [0.25, 0.3) is 0 Å². The van der Waals surface area contributed by atoms with Gasteiger partial charge in [0.1, 0.15) is 6.61 Å². The van der Waals surface area contributed by atoms with E-state index in [1.54, 1.807) is 13.8 Å². The van der Waals surface area contributed by atoms with Gasteiger partial charge in [0.2, 0.25) is 11.3 Å². The van der Waals surface area contributed by atoms with E-state index in [0.717, 1.165) is 0 Å². The normalized spacial score (nSPS) is 12.3. The van der Waals surface area contributed by atoms with Gasteiger partial charge in [0.15, 0.2) is 0 Å². The highest BCUT2D eigenvalue weighted by molar-refractivity contribution is 6.64. The largest absolute Gasteiger partial charge is 0.463 e. The molecule has 0 saturated heterocycles. The first-order chi connectivity index (χ1) is 8.90. The zero-order valence-corrected chi connectivity index (χ0v) is 13.0. The van der Waals surface area contributed by atoms with Crippen LogP contribution in [0.2, 0.25) is 0 Å². The number of alkyl halides is 2. The zero-order chi connectivity index (χ0) is 15.3. The summed E-state index contributed by atoms with van der Waals surface area (Å²) in [4.78, 5) is 33.7. The van der Waals surface area contributed by atoms with Crippen molar-refractivity contribution in [3.05, 3.63) is 0 Å². The highest BCUT2D eigenvalue weighted by Gasteiger charge is 2.11. The molecule has 8 heteroatoms. The van der Waals surface area contributed by atoms with E-state index in [0.29, 0.717) is 5.88 Å². The van der Waals surface area contributed by atoms with Crippen molar-refractivity contribution in [1.29, 1.82) is 0 Å². The maximum absolute atomic E-state index is 10.9. The number of halogens is 3. The number of nitrogens with zero attached hydrogens (tertiary/aromatic N) is 1. The molecule has 0 aromatic carbocycles. The Balaban J connectivity index is 0. The number of esters is 1. The van der Waals surface area contributed by atoms with Gasteiger partial charge in [0.05, 0.1) is 12.5 Å². The molecule has 0 amide bonds. The third-order valence-electron chi connectivity index (χ3n) is 1.76. The molecule has 0 saturated carbocycles. The van der Waals surface area contributed by atoms with Crippen molar-refractivity contribution >= 4 is 52.1 Å². The first-order valence-corrected chi connectivity index (χ1v) is 6.86. The van der Waals surface area contributed by atoms with Crippen LogP contribution in [0, 0.1) is 11.8 Å². The lowest BCUT2D eigenvalue weighted by molar-refractivity contribution is -0.146. The molecule has 0 N–H and O–H groups in total. The Labute approximate surface area is 127 Å². The first-order valence-electron chi connectivity index (χ1n) is 5.42. The number of carbonyl (C=O) groups is 2. The molecular weight excluding hydrogens is 316 g/mol. The van der Waals surface area contributed by atoms with Gasteiger partial charge in [-0.1, -0.05) is 13.8 Å². The van der Waals surface area contributed by atoms with Crippen LogP contribution < -0.4 is 0 Å². The van der Waals surface area contributed by atoms with Gasteiger partial charge in [0, 0.05) is 17.7 Å². The second-order valence-corrected chi connectivity index (χ2v) is 4.55. The van der Waals surface area contributed by atoms with E-state index in [1.165, 1.54) is 6.08 Å². The fraction of sp³-hybridized carbons (Fsp3) is 0.727. The maximum Gasteiger partial charge on any atom is 0.309 e. The average molecular weight is 333 g/mol. The molecule has 19 heavy (non-hydrogen) atoms. The Morgan fingerprint density at radius 1 is 1.21 bits per heavy atom. The number of aliphatic imine (C=N–C) groups is 1. The summed E-state index contributed by atoms with van der Waals surface area (Å²) in [6.07, 6.45) is 1.34. The van der Waals surface area contributed by atoms with Gasteiger partial charge in [0.25, 0.3) is 0 Å². The minimum Gasteiger partial charge on any atom is -0.463 e. The Morgan fingerprint density at radius 2 is 1.74 bits per heavy atom. The molecule has 0 aliphatic heterocycles. The Morgan fingerprint density at radius 3 is 2.05 bits per heavy atom. The molecular formula is C11H16Cl3NO4. The lowest BCUT2D eigenvalue weighted by Crippen LogP contribution is -2.17. The van der Waals surface area contributed by atoms with E-state index in [9.17, 15) is 14.4 Å². The zero-order valence-electron chi connectivity index (χ0n) is 10.7. The monoisotopic (exact) mass is 331 g/mol. The molecule has 2 unspecified atom stereocenters. The van der Waals surface area contributed by atoms with Gasteiger partial charge in [-0.3, -0.25) is 9.59 Å². The minimum atomic E-state index is -0.369. The standard InChI is InChI=1S/C7H10ClNO3.C4H6Cl2O/c1-6(4-8)7(11)12-3-2-9-5-10;1-3(2-5)4(6)7/h6H,2-4H2,1H3;3H,2H2,1H3. The van der Waals surface area contributed by atoms with E-state index < -0.39 is 0 Å². The minimum absolute atomic E-state index is 0.106. The summed E-state index contributed by atoms with van der Waals surface area (Å²) in [5.41, 5.74) is 0. The van der Waals surface area contributed by atoms with Crippen LogP contribution in [0.15, 0.2) is 4.99 Å². The summed E-state index contributed by atoms with van der Waals surface area (Å²) in [5.74, 6) is -0.348. The summed E-state index contributed by atoms with van der Waals surface area (Å²) in [6, 6.07) is 0. The van der Waals surface area contributed by atoms with Crippen molar-refractivity contribution in [3.8, 4) is 0 Å². The van der Waals surface area contributed by atoms with E-state index in [-0.39, 0.29) is 42.1 Å². The quantitative estimate of drug-likeness (QED) is 0.179. The van der Waals surface area contributed by atoms with Crippen molar-refractivity contribution in [2.75, 3.05) is 24.9 Å². The SMILES string of the molecule is CC(CCl)C(=O)Cl.CC(CCl)C(=O)OCCN=C=O. The molecule has 2 atom stereocenters. The van der Waals surface area contributed by atoms with Crippen LogP contribution in [0.1, 0.15) is 13.8 Å². The van der Waals surface area contributed by atoms with Crippen molar-refractivity contribution in [2.24, 2.45) is 16.8 Å². The van der Waals surface area contributed by atoms with E-state index in [2.05, 4.69) is 4.99 Å². The summed E-state index contributed by atoms with van der Waals surface area (Å²) in [5, 5.41) is -0.366. The topological polar surface area (TPSA) is 72.8 Å². The highest BCUT2D eigenvalue weighted by atomic mass is 35.5. The van der Waals surface area contributed by atoms with Crippen LogP contribution in [0.3, 0.4) is 0 Å². The number of carbonyl (C=O) groups excluding carboxylic acids is 3. The smallest absolute Gasteiger partial charge is 0.309 e. The number of hydrogen-bond donors (Lipinski definition) is 0. The van der Waals surface area contributed by atoms with Crippen molar-refractivity contribution in [3.63, 3.8) is 0 Å². The molecule has 110 valence electrons. The molecule has 0 aromatic rings. The molecule has 0 fully saturated rings.